The molecule has 6 heteroatoms. The molecule has 3 rings (SSSR count). The Balaban J connectivity index is 2.27. The van der Waals surface area contributed by atoms with Gasteiger partial charge >= 0.3 is 0 Å². The molecule has 0 radical (unpaired) electrons. The molecule has 0 saturated carbocycles. The van der Waals surface area contributed by atoms with Crippen LogP contribution in [-0.4, -0.2) is 15.2 Å². The molecule has 0 saturated heterocycles. The summed E-state index contributed by atoms with van der Waals surface area (Å²) in [6.45, 7) is 0. The standard InChI is InChI=1S/C10H7ClN4S/c11-6-2-1-3-7-8(6)16-10(14-7)5-4-13-15-9(5)12/h1-4H,(H3,12,13,15). The molecule has 0 amide bonds. The highest BCUT2D eigenvalue weighted by atomic mass is 35.5. The molecule has 1 aromatic carbocycles. The maximum Gasteiger partial charge on any atom is 0.129 e. The Morgan fingerprint density at radius 3 is 2.94 bits per heavy atom. The van der Waals surface area contributed by atoms with E-state index in [-0.39, 0.29) is 0 Å². The lowest BCUT2D eigenvalue weighted by Gasteiger charge is -1.89. The smallest absolute Gasteiger partial charge is 0.129 e. The van der Waals surface area contributed by atoms with Crippen molar-refractivity contribution in [2.45, 2.75) is 0 Å². The van der Waals surface area contributed by atoms with Gasteiger partial charge in [-0.15, -0.1) is 11.3 Å². The monoisotopic (exact) mass is 250 g/mol. The summed E-state index contributed by atoms with van der Waals surface area (Å²) < 4.78 is 0.972. The molecular weight excluding hydrogens is 244 g/mol. The van der Waals surface area contributed by atoms with E-state index in [1.165, 1.54) is 11.3 Å². The van der Waals surface area contributed by atoms with E-state index in [1.54, 1.807) is 6.20 Å². The lowest BCUT2D eigenvalue weighted by molar-refractivity contribution is 1.10. The van der Waals surface area contributed by atoms with Gasteiger partial charge in [0.05, 0.1) is 27.0 Å². The molecule has 3 aromatic rings. The van der Waals surface area contributed by atoms with Crippen molar-refractivity contribution in [2.24, 2.45) is 0 Å². The fourth-order valence-corrected chi connectivity index (χ4v) is 2.78. The molecule has 0 fully saturated rings. The number of benzene rings is 1. The summed E-state index contributed by atoms with van der Waals surface area (Å²) >= 11 is 7.60. The molecule has 2 aromatic heterocycles. The lowest BCUT2D eigenvalue weighted by Crippen LogP contribution is -1.86. The van der Waals surface area contributed by atoms with E-state index in [2.05, 4.69) is 15.2 Å². The molecule has 2 heterocycles. The third-order valence-electron chi connectivity index (χ3n) is 2.27. The zero-order valence-corrected chi connectivity index (χ0v) is 9.64. The van der Waals surface area contributed by atoms with Crippen molar-refractivity contribution in [3.63, 3.8) is 0 Å². The minimum Gasteiger partial charge on any atom is -0.383 e. The Morgan fingerprint density at radius 2 is 2.25 bits per heavy atom. The topological polar surface area (TPSA) is 67.6 Å². The zero-order valence-electron chi connectivity index (χ0n) is 8.07. The molecule has 3 N–H and O–H groups in total. The average Bonchev–Trinajstić information content (AvgIpc) is 2.84. The van der Waals surface area contributed by atoms with Gasteiger partial charge in [-0.1, -0.05) is 17.7 Å². The van der Waals surface area contributed by atoms with Gasteiger partial charge in [-0.25, -0.2) is 4.98 Å². The number of nitrogens with two attached hydrogens (primary N) is 1. The number of H-pyrrole nitrogens is 1. The largest absolute Gasteiger partial charge is 0.383 e. The number of fused-ring (bicyclic) bond motifs is 1. The van der Waals surface area contributed by atoms with E-state index < -0.39 is 0 Å². The van der Waals surface area contributed by atoms with Crippen LogP contribution in [0.4, 0.5) is 5.82 Å². The van der Waals surface area contributed by atoms with Crippen LogP contribution in [0.5, 0.6) is 0 Å². The number of aromatic amines is 1. The minimum absolute atomic E-state index is 0.523. The molecule has 4 nitrogen and oxygen atoms in total. The maximum atomic E-state index is 6.09. The highest BCUT2D eigenvalue weighted by molar-refractivity contribution is 7.22. The highest BCUT2D eigenvalue weighted by Gasteiger charge is 2.11. The number of nitrogen functional groups attached to an aromatic ring is 1. The fraction of sp³-hybridized carbons (Fsp3) is 0. The normalized spacial score (nSPS) is 11.1. The van der Waals surface area contributed by atoms with E-state index >= 15 is 0 Å². The van der Waals surface area contributed by atoms with Gasteiger partial charge in [0.15, 0.2) is 0 Å². The van der Waals surface area contributed by atoms with Gasteiger partial charge in [0, 0.05) is 0 Å². The van der Waals surface area contributed by atoms with E-state index in [0.717, 1.165) is 20.8 Å². The number of hydrogen-bond acceptors (Lipinski definition) is 4. The second kappa shape index (κ2) is 3.47. The number of rotatable bonds is 1. The molecule has 0 atom stereocenters. The minimum atomic E-state index is 0.523. The first kappa shape index (κ1) is 9.62. The van der Waals surface area contributed by atoms with E-state index in [1.807, 2.05) is 18.2 Å². The summed E-state index contributed by atoms with van der Waals surface area (Å²) in [5.74, 6) is 0.523. The number of aromatic nitrogens is 3. The lowest BCUT2D eigenvalue weighted by atomic mass is 10.3. The fourth-order valence-electron chi connectivity index (χ4n) is 1.50. The first-order valence-corrected chi connectivity index (χ1v) is 5.79. The second-order valence-corrected chi connectivity index (χ2v) is 4.71. The van der Waals surface area contributed by atoms with Crippen LogP contribution in [0.2, 0.25) is 5.02 Å². The van der Waals surface area contributed by atoms with Crippen LogP contribution >= 0.6 is 22.9 Å². The first-order valence-electron chi connectivity index (χ1n) is 4.60. The van der Waals surface area contributed by atoms with Crippen LogP contribution in [-0.2, 0) is 0 Å². The van der Waals surface area contributed by atoms with Crippen LogP contribution in [0.15, 0.2) is 24.4 Å². The molecule has 0 aliphatic rings. The first-order chi connectivity index (χ1) is 7.75. The Kier molecular flexibility index (Phi) is 2.08. The van der Waals surface area contributed by atoms with Crippen LogP contribution in [0.1, 0.15) is 0 Å². The molecule has 0 unspecified atom stereocenters. The summed E-state index contributed by atoms with van der Waals surface area (Å²) in [5, 5.41) is 8.10. The molecule has 0 aliphatic carbocycles. The van der Waals surface area contributed by atoms with Crippen molar-refractivity contribution in [2.75, 3.05) is 5.73 Å². The van der Waals surface area contributed by atoms with Crippen LogP contribution in [0.25, 0.3) is 20.8 Å². The van der Waals surface area contributed by atoms with Gasteiger partial charge in [-0.05, 0) is 12.1 Å². The molecular formula is C10H7ClN4S. The number of halogens is 1. The quantitative estimate of drug-likeness (QED) is 0.698. The Bertz CT molecular complexity index is 658. The maximum absolute atomic E-state index is 6.09. The van der Waals surface area contributed by atoms with Crippen molar-refractivity contribution in [1.82, 2.24) is 15.2 Å². The molecule has 16 heavy (non-hydrogen) atoms. The number of anilines is 1. The van der Waals surface area contributed by atoms with Gasteiger partial charge in [-0.3, -0.25) is 5.10 Å². The Hall–Kier alpha value is -1.59. The third-order valence-corrected chi connectivity index (χ3v) is 3.83. The van der Waals surface area contributed by atoms with E-state index in [0.29, 0.717) is 10.8 Å². The van der Waals surface area contributed by atoms with Crippen molar-refractivity contribution >= 4 is 39.0 Å². The molecule has 0 spiro atoms. The van der Waals surface area contributed by atoms with Gasteiger partial charge in [0.1, 0.15) is 10.8 Å². The summed E-state index contributed by atoms with van der Waals surface area (Å²) in [7, 11) is 0. The zero-order chi connectivity index (χ0) is 11.1. The number of hydrogen-bond donors (Lipinski definition) is 2. The summed E-state index contributed by atoms with van der Waals surface area (Å²) in [5.41, 5.74) is 7.45. The summed E-state index contributed by atoms with van der Waals surface area (Å²) in [6.07, 6.45) is 1.67. The average molecular weight is 251 g/mol. The van der Waals surface area contributed by atoms with Crippen molar-refractivity contribution in [3.8, 4) is 10.6 Å². The predicted molar refractivity (Wildman–Crippen MR) is 66.6 cm³/mol. The van der Waals surface area contributed by atoms with Crippen molar-refractivity contribution in [1.29, 1.82) is 0 Å². The third kappa shape index (κ3) is 1.36. The van der Waals surface area contributed by atoms with Crippen LogP contribution in [0, 0.1) is 0 Å². The van der Waals surface area contributed by atoms with Crippen molar-refractivity contribution in [3.05, 3.63) is 29.4 Å². The van der Waals surface area contributed by atoms with Crippen LogP contribution in [0.3, 0.4) is 0 Å². The number of nitrogens with zero attached hydrogens (tertiary/aromatic N) is 2. The van der Waals surface area contributed by atoms with Gasteiger partial charge < -0.3 is 5.73 Å². The molecule has 0 aliphatic heterocycles. The second-order valence-electron chi connectivity index (χ2n) is 3.30. The van der Waals surface area contributed by atoms with Gasteiger partial charge in [-0.2, -0.15) is 5.10 Å². The predicted octanol–water partition coefficient (Wildman–Crippen LogP) is 2.92. The van der Waals surface area contributed by atoms with E-state index in [4.69, 9.17) is 17.3 Å². The molecule has 0 bridgehead atoms. The van der Waals surface area contributed by atoms with Crippen LogP contribution < -0.4 is 5.73 Å². The van der Waals surface area contributed by atoms with Crippen molar-refractivity contribution < 1.29 is 0 Å². The highest BCUT2D eigenvalue weighted by Crippen LogP contribution is 2.35. The SMILES string of the molecule is Nc1[nH]ncc1-c1nc2cccc(Cl)c2s1. The number of thiazole rings is 1. The number of nitrogens with one attached hydrogen (secondary N) is 1. The summed E-state index contributed by atoms with van der Waals surface area (Å²) in [4.78, 5) is 4.47. The summed E-state index contributed by atoms with van der Waals surface area (Å²) in [6, 6.07) is 5.66. The van der Waals surface area contributed by atoms with Gasteiger partial charge in [0.25, 0.3) is 0 Å². The Labute approximate surface area is 100 Å². The van der Waals surface area contributed by atoms with E-state index in [9.17, 15) is 0 Å². The van der Waals surface area contributed by atoms with Gasteiger partial charge in [0.2, 0.25) is 0 Å². The Morgan fingerprint density at radius 1 is 1.38 bits per heavy atom. The molecule has 80 valence electrons.